The molecule has 3 nitrogen and oxygen atoms in total. The van der Waals surface area contributed by atoms with Crippen molar-refractivity contribution < 1.29 is 13.0 Å². The van der Waals surface area contributed by atoms with E-state index in [1.807, 2.05) is 0 Å². The van der Waals surface area contributed by atoms with E-state index in [9.17, 15) is 8.42 Å². The molecule has 0 saturated heterocycles. The van der Waals surface area contributed by atoms with Gasteiger partial charge in [-0.25, -0.2) is 0 Å². The summed E-state index contributed by atoms with van der Waals surface area (Å²) in [6.07, 6.45) is 0. The van der Waals surface area contributed by atoms with Gasteiger partial charge in [0.15, 0.2) is 0 Å². The summed E-state index contributed by atoms with van der Waals surface area (Å²) in [7, 11) is -3.91. The summed E-state index contributed by atoms with van der Waals surface area (Å²) < 4.78 is 29.3. The molecule has 1 aromatic carbocycles. The molecule has 0 aromatic heterocycles. The van der Waals surface area contributed by atoms with Gasteiger partial charge >= 0.3 is 29.6 Å². The minimum atomic E-state index is -3.91. The third-order valence-electron chi connectivity index (χ3n) is 1.37. The molecule has 5 heteroatoms. The van der Waals surface area contributed by atoms with Gasteiger partial charge < -0.3 is 0 Å². The zero-order chi connectivity index (χ0) is 9.19. The van der Waals surface area contributed by atoms with Gasteiger partial charge in [0.25, 0.3) is 10.1 Å². The summed E-state index contributed by atoms with van der Waals surface area (Å²) in [5, 5.41) is 0. The Kier molecular flexibility index (Phi) is 5.17. The molecule has 1 rings (SSSR count). The maximum atomic E-state index is 10.4. The van der Waals surface area contributed by atoms with Gasteiger partial charge in [0.2, 0.25) is 0 Å². The van der Waals surface area contributed by atoms with E-state index < -0.39 is 10.1 Å². The van der Waals surface area contributed by atoms with Gasteiger partial charge in [-0.3, -0.25) is 4.55 Å². The molecule has 0 unspecified atom stereocenters. The quantitative estimate of drug-likeness (QED) is 0.573. The minimum absolute atomic E-state index is 0. The van der Waals surface area contributed by atoms with Gasteiger partial charge in [-0.2, -0.15) is 8.42 Å². The van der Waals surface area contributed by atoms with Crippen LogP contribution in [-0.2, 0) is 15.9 Å². The molecule has 1 radical (unpaired) electrons. The average Bonchev–Trinajstić information content (AvgIpc) is 1.91. The van der Waals surface area contributed by atoms with Gasteiger partial charge in [-0.05, 0) is 18.1 Å². The monoisotopic (exact) mass is 209 g/mol. The van der Waals surface area contributed by atoms with E-state index in [0.717, 1.165) is 5.56 Å². The molecule has 1 aromatic rings. The van der Waals surface area contributed by atoms with Crippen LogP contribution < -0.4 is 0 Å². The van der Waals surface area contributed by atoms with Crippen LogP contribution >= 0.6 is 0 Å². The number of benzene rings is 1. The predicted octanol–water partition coefficient (Wildman–Crippen LogP) is 0.608. The molecule has 0 aliphatic rings. The van der Waals surface area contributed by atoms with Crippen molar-refractivity contribution in [2.75, 3.05) is 0 Å². The summed E-state index contributed by atoms with van der Waals surface area (Å²) in [4.78, 5) is 0. The number of hydrogen-bond donors (Lipinski definition) is 1. The van der Waals surface area contributed by atoms with Crippen LogP contribution in [0.2, 0.25) is 0 Å². The van der Waals surface area contributed by atoms with E-state index in [2.05, 4.69) is 6.92 Å². The normalized spacial score (nSPS) is 10.6. The first-order chi connectivity index (χ1) is 5.47. The van der Waals surface area contributed by atoms with E-state index in [1.165, 1.54) is 0 Å². The second-order valence-electron chi connectivity index (χ2n) is 2.54. The van der Waals surface area contributed by atoms with Crippen molar-refractivity contribution in [1.29, 1.82) is 0 Å². The van der Waals surface area contributed by atoms with Crippen molar-refractivity contribution in [2.45, 2.75) is 5.75 Å². The topological polar surface area (TPSA) is 54.4 Å². The molecule has 13 heavy (non-hydrogen) atoms. The molecule has 0 spiro atoms. The van der Waals surface area contributed by atoms with E-state index in [4.69, 9.17) is 4.55 Å². The van der Waals surface area contributed by atoms with Gasteiger partial charge in [0.05, 0.1) is 0 Å². The zero-order valence-corrected chi connectivity index (χ0v) is 7.21. The van der Waals surface area contributed by atoms with Crippen molar-refractivity contribution in [3.63, 3.8) is 0 Å². The Morgan fingerprint density at radius 1 is 1.23 bits per heavy atom. The summed E-state index contributed by atoms with van der Waals surface area (Å²) in [6.45, 7) is 3.65. The van der Waals surface area contributed by atoms with Gasteiger partial charge in [0.1, 0.15) is 5.75 Å². The maximum absolute atomic E-state index is 10.4. The predicted molar refractivity (Wildman–Crippen MR) is 53.3 cm³/mol. The van der Waals surface area contributed by atoms with Gasteiger partial charge in [0, 0.05) is 0 Å². The molecule has 0 aliphatic heterocycles. The van der Waals surface area contributed by atoms with Crippen LogP contribution in [0.15, 0.2) is 24.3 Å². The fourth-order valence-corrected chi connectivity index (χ4v) is 1.46. The first-order valence-corrected chi connectivity index (χ1v) is 4.94. The number of rotatable bonds is 2. The molecule has 0 heterocycles. The summed E-state index contributed by atoms with van der Waals surface area (Å²) in [5.41, 5.74) is 1.37. The van der Waals surface area contributed by atoms with E-state index in [1.54, 1.807) is 24.3 Å². The SMILES string of the molecule is [CH2]c1ccc(CS(=O)(=O)O)cc1.[NaH]. The molecule has 0 bridgehead atoms. The Morgan fingerprint density at radius 3 is 2.08 bits per heavy atom. The Morgan fingerprint density at radius 2 is 1.69 bits per heavy atom. The molecular formula is C8H10NaO3S. The third kappa shape index (κ3) is 5.44. The second-order valence-corrected chi connectivity index (χ2v) is 4.00. The van der Waals surface area contributed by atoms with E-state index >= 15 is 0 Å². The third-order valence-corrected chi connectivity index (χ3v) is 2.07. The number of hydrogen-bond acceptors (Lipinski definition) is 2. The average molecular weight is 209 g/mol. The molecule has 1 N–H and O–H groups in total. The molecule has 0 amide bonds. The Bertz CT molecular complexity index is 355. The first kappa shape index (κ1) is 13.1. The summed E-state index contributed by atoms with van der Waals surface area (Å²) in [5.74, 6) is -0.340. The standard InChI is InChI=1S/C8H9O3S.Na.H/c1-7-2-4-8(5-3-7)6-12(9,10)11;;/h2-5H,1,6H2,(H,9,10,11);;. The summed E-state index contributed by atoms with van der Waals surface area (Å²) >= 11 is 0. The van der Waals surface area contributed by atoms with Crippen molar-refractivity contribution in [3.05, 3.63) is 42.3 Å². The van der Waals surface area contributed by atoms with Crippen molar-refractivity contribution in [2.24, 2.45) is 0 Å². The molecule has 0 atom stereocenters. The van der Waals surface area contributed by atoms with Gasteiger partial charge in [-0.15, -0.1) is 0 Å². The van der Waals surface area contributed by atoms with Crippen LogP contribution in [0, 0.1) is 6.92 Å². The fraction of sp³-hybridized carbons (Fsp3) is 0.125. The van der Waals surface area contributed by atoms with Crippen molar-refractivity contribution in [3.8, 4) is 0 Å². The summed E-state index contributed by atoms with van der Waals surface area (Å²) in [6, 6.07) is 6.63. The van der Waals surface area contributed by atoms with Crippen molar-refractivity contribution in [1.82, 2.24) is 0 Å². The van der Waals surface area contributed by atoms with Crippen LogP contribution in [0.25, 0.3) is 0 Å². The Balaban J connectivity index is 0.00000144. The second kappa shape index (κ2) is 5.12. The van der Waals surface area contributed by atoms with Crippen LogP contribution in [0.4, 0.5) is 0 Å². The molecular weight excluding hydrogens is 199 g/mol. The molecule has 0 fully saturated rings. The van der Waals surface area contributed by atoms with Crippen LogP contribution in [0.1, 0.15) is 11.1 Å². The van der Waals surface area contributed by atoms with Gasteiger partial charge in [-0.1, -0.05) is 24.3 Å². The van der Waals surface area contributed by atoms with Crippen LogP contribution in [-0.4, -0.2) is 42.5 Å². The first-order valence-electron chi connectivity index (χ1n) is 3.33. The van der Waals surface area contributed by atoms with E-state index in [0.29, 0.717) is 5.56 Å². The molecule has 67 valence electrons. The van der Waals surface area contributed by atoms with Crippen LogP contribution in [0.3, 0.4) is 0 Å². The van der Waals surface area contributed by atoms with E-state index in [-0.39, 0.29) is 35.3 Å². The Hall–Kier alpha value is 0.130. The molecule has 0 aliphatic carbocycles. The van der Waals surface area contributed by atoms with Crippen LogP contribution in [0.5, 0.6) is 0 Å². The Labute approximate surface area is 100 Å². The fourth-order valence-electron chi connectivity index (χ4n) is 0.846. The van der Waals surface area contributed by atoms with Crippen molar-refractivity contribution >= 4 is 39.7 Å². The molecule has 0 saturated carbocycles. The zero-order valence-electron chi connectivity index (χ0n) is 6.40.